The third kappa shape index (κ3) is 2.21. The summed E-state index contributed by atoms with van der Waals surface area (Å²) in [7, 11) is 0.263. The van der Waals surface area contributed by atoms with Crippen molar-refractivity contribution >= 4 is 15.8 Å². The second kappa shape index (κ2) is 5.16. The van der Waals surface area contributed by atoms with Gasteiger partial charge in [-0.1, -0.05) is 6.42 Å². The molecule has 1 aliphatic carbocycles. The van der Waals surface area contributed by atoms with Crippen LogP contribution >= 0.6 is 0 Å². The Bertz CT molecular complexity index is 698. The van der Waals surface area contributed by atoms with Crippen LogP contribution in [0.15, 0.2) is 23.2 Å². The molecule has 0 amide bonds. The van der Waals surface area contributed by atoms with Crippen molar-refractivity contribution in [2.24, 2.45) is 11.3 Å². The fourth-order valence-electron chi connectivity index (χ4n) is 4.30. The molecule has 0 bridgehead atoms. The van der Waals surface area contributed by atoms with Gasteiger partial charge in [-0.2, -0.15) is 4.31 Å². The second-order valence-electron chi connectivity index (χ2n) is 7.22. The van der Waals surface area contributed by atoms with E-state index in [-0.39, 0.29) is 16.4 Å². The summed E-state index contributed by atoms with van der Waals surface area (Å²) in [6.45, 7) is 1.87. The van der Waals surface area contributed by atoms with Crippen LogP contribution in [0.2, 0.25) is 0 Å². The van der Waals surface area contributed by atoms with Gasteiger partial charge >= 0.3 is 0 Å². The highest BCUT2D eigenvalue weighted by molar-refractivity contribution is 7.89. The Morgan fingerprint density at radius 1 is 1.30 bits per heavy atom. The minimum atomic E-state index is -3.51. The molecule has 2 atom stereocenters. The lowest BCUT2D eigenvalue weighted by Gasteiger charge is -2.42. The van der Waals surface area contributed by atoms with Gasteiger partial charge in [-0.05, 0) is 30.4 Å². The molecule has 126 valence electrons. The Labute approximate surface area is 137 Å². The molecular weight excluding hydrogens is 314 g/mol. The minimum Gasteiger partial charge on any atom is -0.379 e. The molecule has 23 heavy (non-hydrogen) atoms. The number of aromatic nitrogens is 1. The number of anilines is 1. The van der Waals surface area contributed by atoms with Crippen LogP contribution in [0.3, 0.4) is 0 Å². The van der Waals surface area contributed by atoms with Crippen LogP contribution in [0.1, 0.15) is 19.3 Å². The molecule has 1 spiro atoms. The van der Waals surface area contributed by atoms with Crippen LogP contribution in [-0.4, -0.2) is 57.6 Å². The van der Waals surface area contributed by atoms with E-state index in [1.54, 1.807) is 16.4 Å². The summed E-state index contributed by atoms with van der Waals surface area (Å²) in [5.41, 5.74) is 0.158. The van der Waals surface area contributed by atoms with E-state index in [4.69, 9.17) is 4.74 Å². The number of fused-ring (bicyclic) bond motifs is 2. The number of pyridine rings is 1. The lowest BCUT2D eigenvalue weighted by Crippen LogP contribution is -2.39. The van der Waals surface area contributed by atoms with Crippen LogP contribution < -0.4 is 4.90 Å². The summed E-state index contributed by atoms with van der Waals surface area (Å²) in [5.74, 6) is 1.11. The molecule has 3 aliphatic rings. The molecular formula is C16H23N3O3S. The van der Waals surface area contributed by atoms with Gasteiger partial charge in [0.25, 0.3) is 0 Å². The fraction of sp³-hybridized carbons (Fsp3) is 0.688. The summed E-state index contributed by atoms with van der Waals surface area (Å²) in [6.07, 6.45) is 4.93. The van der Waals surface area contributed by atoms with E-state index in [0.29, 0.717) is 25.7 Å². The third-order valence-corrected chi connectivity index (χ3v) is 7.67. The van der Waals surface area contributed by atoms with Crippen molar-refractivity contribution in [3.05, 3.63) is 18.3 Å². The van der Waals surface area contributed by atoms with E-state index in [0.717, 1.165) is 18.7 Å². The van der Waals surface area contributed by atoms with Gasteiger partial charge in [-0.25, -0.2) is 13.4 Å². The molecule has 3 heterocycles. The van der Waals surface area contributed by atoms with Crippen molar-refractivity contribution in [1.29, 1.82) is 0 Å². The molecule has 4 rings (SSSR count). The molecule has 6 nitrogen and oxygen atoms in total. The Balaban J connectivity index is 1.66. The maximum absolute atomic E-state index is 13.1. The molecule has 2 aliphatic heterocycles. The number of ether oxygens (including phenoxy) is 1. The number of nitrogens with zero attached hydrogens (tertiary/aromatic N) is 3. The van der Waals surface area contributed by atoms with Gasteiger partial charge in [0.1, 0.15) is 10.7 Å². The van der Waals surface area contributed by atoms with Crippen molar-refractivity contribution in [2.75, 3.05) is 38.8 Å². The van der Waals surface area contributed by atoms with Crippen molar-refractivity contribution in [1.82, 2.24) is 9.29 Å². The maximum atomic E-state index is 13.1. The molecule has 0 radical (unpaired) electrons. The van der Waals surface area contributed by atoms with Gasteiger partial charge in [-0.15, -0.1) is 0 Å². The lowest BCUT2D eigenvalue weighted by molar-refractivity contribution is 0.0601. The summed E-state index contributed by atoms with van der Waals surface area (Å²) in [6, 6.07) is 3.41. The topological polar surface area (TPSA) is 62.7 Å². The summed E-state index contributed by atoms with van der Waals surface area (Å²) < 4.78 is 33.5. The number of hydrogen-bond acceptors (Lipinski definition) is 5. The van der Waals surface area contributed by atoms with Crippen LogP contribution in [0.25, 0.3) is 0 Å². The molecule has 0 aromatic carbocycles. The molecule has 7 heteroatoms. The second-order valence-corrected chi connectivity index (χ2v) is 9.11. The van der Waals surface area contributed by atoms with Crippen LogP contribution in [0.4, 0.5) is 5.82 Å². The average Bonchev–Trinajstić information content (AvgIpc) is 3.06. The van der Waals surface area contributed by atoms with E-state index in [2.05, 4.69) is 4.98 Å². The Kier molecular flexibility index (Phi) is 3.44. The molecule has 2 saturated heterocycles. The highest BCUT2D eigenvalue weighted by Gasteiger charge is 2.60. The average molecular weight is 337 g/mol. The predicted octanol–water partition coefficient (Wildman–Crippen LogP) is 1.34. The largest absolute Gasteiger partial charge is 0.379 e. The number of rotatable bonds is 3. The van der Waals surface area contributed by atoms with Gasteiger partial charge in [0, 0.05) is 32.8 Å². The van der Waals surface area contributed by atoms with Crippen molar-refractivity contribution < 1.29 is 13.2 Å². The highest BCUT2D eigenvalue weighted by atomic mass is 32.2. The van der Waals surface area contributed by atoms with Gasteiger partial charge in [0.05, 0.1) is 19.3 Å². The summed E-state index contributed by atoms with van der Waals surface area (Å²) in [4.78, 5) is 6.40. The van der Waals surface area contributed by atoms with Crippen molar-refractivity contribution in [3.63, 3.8) is 0 Å². The van der Waals surface area contributed by atoms with Gasteiger partial charge in [0.15, 0.2) is 0 Å². The van der Waals surface area contributed by atoms with E-state index < -0.39 is 10.0 Å². The van der Waals surface area contributed by atoms with Crippen LogP contribution in [-0.2, 0) is 14.8 Å². The van der Waals surface area contributed by atoms with E-state index in [1.165, 1.54) is 12.6 Å². The normalized spacial score (nSPS) is 29.5. The van der Waals surface area contributed by atoms with Gasteiger partial charge in [0.2, 0.25) is 10.0 Å². The molecule has 0 unspecified atom stereocenters. The first kappa shape index (κ1) is 15.4. The van der Waals surface area contributed by atoms with Crippen molar-refractivity contribution in [3.8, 4) is 0 Å². The SMILES string of the molecule is CN(C)c1ccc(S(=O)(=O)N2CC3(CCC3)[C@H]3COC[C@@H]32)cn1. The van der Waals surface area contributed by atoms with E-state index >= 15 is 0 Å². The number of hydrogen-bond donors (Lipinski definition) is 0. The van der Waals surface area contributed by atoms with Crippen LogP contribution in [0.5, 0.6) is 0 Å². The summed E-state index contributed by atoms with van der Waals surface area (Å²) >= 11 is 0. The van der Waals surface area contributed by atoms with Crippen molar-refractivity contribution in [2.45, 2.75) is 30.2 Å². The fourth-order valence-corrected chi connectivity index (χ4v) is 5.99. The van der Waals surface area contributed by atoms with Gasteiger partial charge in [-0.3, -0.25) is 0 Å². The Hall–Kier alpha value is -1.18. The minimum absolute atomic E-state index is 0.00572. The zero-order chi connectivity index (χ0) is 16.2. The predicted molar refractivity (Wildman–Crippen MR) is 86.8 cm³/mol. The molecule has 1 saturated carbocycles. The smallest absolute Gasteiger partial charge is 0.244 e. The molecule has 3 fully saturated rings. The Morgan fingerprint density at radius 2 is 2.09 bits per heavy atom. The molecule has 1 aromatic rings. The first-order valence-electron chi connectivity index (χ1n) is 8.17. The Morgan fingerprint density at radius 3 is 2.65 bits per heavy atom. The number of sulfonamides is 1. The maximum Gasteiger partial charge on any atom is 0.244 e. The van der Waals surface area contributed by atoms with Gasteiger partial charge < -0.3 is 9.64 Å². The first-order valence-corrected chi connectivity index (χ1v) is 9.61. The van der Waals surface area contributed by atoms with E-state index in [1.807, 2.05) is 19.0 Å². The third-order valence-electron chi connectivity index (χ3n) is 5.81. The highest BCUT2D eigenvalue weighted by Crippen LogP contribution is 2.56. The lowest BCUT2D eigenvalue weighted by atomic mass is 9.62. The molecule has 0 N–H and O–H groups in total. The standard InChI is InChI=1S/C16H23N3O3S/c1-18(2)15-5-4-12(8-17-15)23(20,21)19-11-16(6-3-7-16)13-9-22-10-14(13)19/h4-5,8,13-14H,3,6-7,9-11H2,1-2H3/t13-,14-/m0/s1. The quantitative estimate of drug-likeness (QED) is 0.833. The summed E-state index contributed by atoms with van der Waals surface area (Å²) in [5, 5.41) is 0. The zero-order valence-corrected chi connectivity index (χ0v) is 14.4. The first-order chi connectivity index (χ1) is 10.9. The molecule has 1 aromatic heterocycles. The van der Waals surface area contributed by atoms with E-state index in [9.17, 15) is 8.42 Å². The monoisotopic (exact) mass is 337 g/mol. The zero-order valence-electron chi connectivity index (χ0n) is 13.6. The van der Waals surface area contributed by atoms with Crippen LogP contribution in [0, 0.1) is 11.3 Å².